The quantitative estimate of drug-likeness (QED) is 0.690. The third kappa shape index (κ3) is 3.63. The van der Waals surface area contributed by atoms with Crippen molar-refractivity contribution in [2.75, 3.05) is 4.72 Å². The van der Waals surface area contributed by atoms with Gasteiger partial charge in [-0.2, -0.15) is 0 Å². The second kappa shape index (κ2) is 6.56. The molecule has 0 fully saturated rings. The van der Waals surface area contributed by atoms with Gasteiger partial charge in [-0.05, 0) is 29.8 Å². The van der Waals surface area contributed by atoms with Crippen LogP contribution in [0.5, 0.6) is 0 Å². The minimum Gasteiger partial charge on any atom is -0.279 e. The lowest BCUT2D eigenvalue weighted by Gasteiger charge is -2.13. The van der Waals surface area contributed by atoms with E-state index < -0.39 is 10.0 Å². The summed E-state index contributed by atoms with van der Waals surface area (Å²) in [5, 5.41) is 0. The number of rotatable bonds is 4. The van der Waals surface area contributed by atoms with Crippen LogP contribution in [-0.4, -0.2) is 8.42 Å². The molecule has 0 aliphatic rings. The van der Waals surface area contributed by atoms with Crippen LogP contribution >= 0.6 is 15.9 Å². The molecule has 3 aromatic carbocycles. The van der Waals surface area contributed by atoms with E-state index in [1.54, 1.807) is 30.3 Å². The molecule has 0 heterocycles. The van der Waals surface area contributed by atoms with Gasteiger partial charge in [-0.15, -0.1) is 0 Å². The van der Waals surface area contributed by atoms with Gasteiger partial charge in [0.15, 0.2) is 0 Å². The first-order valence-corrected chi connectivity index (χ1v) is 9.27. The molecule has 0 aromatic heterocycles. The average Bonchev–Trinajstić information content (AvgIpc) is 2.56. The van der Waals surface area contributed by atoms with Gasteiger partial charge in [-0.3, -0.25) is 4.72 Å². The summed E-state index contributed by atoms with van der Waals surface area (Å²) >= 11 is 3.30. The van der Waals surface area contributed by atoms with Gasteiger partial charge in [-0.25, -0.2) is 8.42 Å². The fraction of sp³-hybridized carbons (Fsp3) is 0. The average molecular weight is 388 g/mol. The third-order valence-corrected chi connectivity index (χ3v) is 5.22. The Kier molecular flexibility index (Phi) is 4.50. The van der Waals surface area contributed by atoms with Crippen molar-refractivity contribution in [3.05, 3.63) is 83.3 Å². The highest BCUT2D eigenvalue weighted by Crippen LogP contribution is 2.29. The fourth-order valence-corrected chi connectivity index (χ4v) is 3.96. The van der Waals surface area contributed by atoms with Gasteiger partial charge in [-0.1, -0.05) is 70.5 Å². The van der Waals surface area contributed by atoms with E-state index >= 15 is 0 Å². The van der Waals surface area contributed by atoms with Crippen molar-refractivity contribution >= 4 is 31.6 Å². The minimum atomic E-state index is -3.65. The molecule has 0 spiro atoms. The fourth-order valence-electron chi connectivity index (χ4n) is 2.28. The topological polar surface area (TPSA) is 46.2 Å². The highest BCUT2D eigenvalue weighted by atomic mass is 79.9. The summed E-state index contributed by atoms with van der Waals surface area (Å²) in [6.45, 7) is 0. The Bertz CT molecular complexity index is 925. The molecule has 23 heavy (non-hydrogen) atoms. The van der Waals surface area contributed by atoms with Crippen molar-refractivity contribution in [3.8, 4) is 11.1 Å². The van der Waals surface area contributed by atoms with Crippen molar-refractivity contribution in [3.63, 3.8) is 0 Å². The number of sulfonamides is 1. The molecule has 3 nitrogen and oxygen atoms in total. The van der Waals surface area contributed by atoms with Crippen LogP contribution < -0.4 is 4.72 Å². The number of halogens is 1. The van der Waals surface area contributed by atoms with E-state index in [1.165, 1.54) is 0 Å². The smallest absolute Gasteiger partial charge is 0.261 e. The zero-order valence-corrected chi connectivity index (χ0v) is 14.5. The molecule has 0 radical (unpaired) electrons. The number of nitrogens with one attached hydrogen (secondary N) is 1. The molecule has 3 aromatic rings. The Hall–Kier alpha value is -2.11. The molecule has 0 saturated carbocycles. The molecule has 0 aliphatic carbocycles. The number of para-hydroxylation sites is 1. The molecular weight excluding hydrogens is 374 g/mol. The van der Waals surface area contributed by atoms with Crippen molar-refractivity contribution < 1.29 is 8.42 Å². The Morgan fingerprint density at radius 3 is 2.22 bits per heavy atom. The number of hydrogen-bond acceptors (Lipinski definition) is 2. The van der Waals surface area contributed by atoms with Crippen LogP contribution in [0.25, 0.3) is 11.1 Å². The maximum atomic E-state index is 12.6. The zero-order chi connectivity index (χ0) is 16.3. The highest BCUT2D eigenvalue weighted by Gasteiger charge is 2.16. The molecule has 5 heteroatoms. The normalized spacial score (nSPS) is 11.2. The van der Waals surface area contributed by atoms with Gasteiger partial charge in [0.25, 0.3) is 10.0 Å². The Morgan fingerprint density at radius 2 is 1.48 bits per heavy atom. The van der Waals surface area contributed by atoms with E-state index in [9.17, 15) is 8.42 Å². The Morgan fingerprint density at radius 1 is 0.783 bits per heavy atom. The van der Waals surface area contributed by atoms with Gasteiger partial charge in [0.2, 0.25) is 0 Å². The first-order chi connectivity index (χ1) is 11.1. The predicted molar refractivity (Wildman–Crippen MR) is 96.8 cm³/mol. The first kappa shape index (κ1) is 15.8. The van der Waals surface area contributed by atoms with Crippen LogP contribution in [-0.2, 0) is 10.0 Å². The van der Waals surface area contributed by atoms with E-state index in [-0.39, 0.29) is 4.90 Å². The Balaban J connectivity index is 2.01. The van der Waals surface area contributed by atoms with Crippen molar-refractivity contribution in [2.45, 2.75) is 4.90 Å². The Labute approximate surface area is 144 Å². The largest absolute Gasteiger partial charge is 0.279 e. The van der Waals surface area contributed by atoms with Crippen LogP contribution in [0.15, 0.2) is 88.2 Å². The molecule has 0 unspecified atom stereocenters. The van der Waals surface area contributed by atoms with Crippen molar-refractivity contribution in [1.29, 1.82) is 0 Å². The summed E-state index contributed by atoms with van der Waals surface area (Å²) in [5.41, 5.74) is 2.35. The van der Waals surface area contributed by atoms with Crippen LogP contribution in [0, 0.1) is 0 Å². The van der Waals surface area contributed by atoms with Gasteiger partial charge < -0.3 is 0 Å². The molecular formula is C18H14BrNO2S. The molecule has 0 atom stereocenters. The first-order valence-electron chi connectivity index (χ1n) is 6.99. The van der Waals surface area contributed by atoms with E-state index in [4.69, 9.17) is 0 Å². The maximum Gasteiger partial charge on any atom is 0.261 e. The molecule has 0 amide bonds. The minimum absolute atomic E-state index is 0.217. The van der Waals surface area contributed by atoms with Crippen molar-refractivity contribution in [2.24, 2.45) is 0 Å². The zero-order valence-electron chi connectivity index (χ0n) is 12.1. The maximum absolute atomic E-state index is 12.6. The molecule has 0 saturated heterocycles. The van der Waals surface area contributed by atoms with Crippen LogP contribution in [0.3, 0.4) is 0 Å². The van der Waals surface area contributed by atoms with E-state index in [0.29, 0.717) is 5.69 Å². The standard InChI is InChI=1S/C18H14BrNO2S/c19-15-9-6-10-16(13-15)23(21,22)20-18-12-5-4-11-17(18)14-7-2-1-3-8-14/h1-13,20H. The van der Waals surface area contributed by atoms with E-state index in [2.05, 4.69) is 20.7 Å². The van der Waals surface area contributed by atoms with Crippen LogP contribution in [0.1, 0.15) is 0 Å². The summed E-state index contributed by atoms with van der Waals surface area (Å²) in [6.07, 6.45) is 0. The lowest BCUT2D eigenvalue weighted by Crippen LogP contribution is -2.13. The van der Waals surface area contributed by atoms with E-state index in [0.717, 1.165) is 15.6 Å². The van der Waals surface area contributed by atoms with E-state index in [1.807, 2.05) is 48.5 Å². The predicted octanol–water partition coefficient (Wildman–Crippen LogP) is 4.92. The SMILES string of the molecule is O=S(=O)(Nc1ccccc1-c1ccccc1)c1cccc(Br)c1. The monoisotopic (exact) mass is 387 g/mol. The number of hydrogen-bond donors (Lipinski definition) is 1. The van der Waals surface area contributed by atoms with Gasteiger partial charge >= 0.3 is 0 Å². The summed E-state index contributed by atoms with van der Waals surface area (Å²) in [5.74, 6) is 0. The third-order valence-electron chi connectivity index (χ3n) is 3.36. The number of benzene rings is 3. The van der Waals surface area contributed by atoms with Gasteiger partial charge in [0.1, 0.15) is 0 Å². The molecule has 3 rings (SSSR count). The van der Waals surface area contributed by atoms with Gasteiger partial charge in [0, 0.05) is 10.0 Å². The lowest BCUT2D eigenvalue weighted by molar-refractivity contribution is 0.601. The van der Waals surface area contributed by atoms with Crippen molar-refractivity contribution in [1.82, 2.24) is 0 Å². The molecule has 116 valence electrons. The summed E-state index contributed by atoms with van der Waals surface area (Å²) in [6, 6.07) is 23.7. The summed E-state index contributed by atoms with van der Waals surface area (Å²) in [4.78, 5) is 0.217. The second-order valence-electron chi connectivity index (χ2n) is 4.97. The second-order valence-corrected chi connectivity index (χ2v) is 7.57. The molecule has 1 N–H and O–H groups in total. The molecule has 0 bridgehead atoms. The van der Waals surface area contributed by atoms with Crippen LogP contribution in [0.2, 0.25) is 0 Å². The van der Waals surface area contributed by atoms with Gasteiger partial charge in [0.05, 0.1) is 10.6 Å². The summed E-state index contributed by atoms with van der Waals surface area (Å²) < 4.78 is 28.6. The highest BCUT2D eigenvalue weighted by molar-refractivity contribution is 9.10. The van der Waals surface area contributed by atoms with Crippen LogP contribution in [0.4, 0.5) is 5.69 Å². The summed E-state index contributed by atoms with van der Waals surface area (Å²) in [7, 11) is -3.65. The molecule has 0 aliphatic heterocycles. The number of anilines is 1. The lowest BCUT2D eigenvalue weighted by atomic mass is 10.0.